The zero-order valence-corrected chi connectivity index (χ0v) is 18.6. The first-order valence-corrected chi connectivity index (χ1v) is 12.1. The Morgan fingerprint density at radius 1 is 1.03 bits per heavy atom. The summed E-state index contributed by atoms with van der Waals surface area (Å²) in [5.41, 5.74) is 1.54. The van der Waals surface area contributed by atoms with Crippen LogP contribution in [0.2, 0.25) is 0 Å². The van der Waals surface area contributed by atoms with Gasteiger partial charge in [0.25, 0.3) is 5.91 Å². The van der Waals surface area contributed by atoms with E-state index in [-0.39, 0.29) is 16.8 Å². The average molecular weight is 430 g/mol. The summed E-state index contributed by atoms with van der Waals surface area (Å²) in [5, 5.41) is 3.02. The number of hydrogen-bond donors (Lipinski definition) is 1. The van der Waals surface area contributed by atoms with Gasteiger partial charge in [0, 0.05) is 25.2 Å². The van der Waals surface area contributed by atoms with Crippen LogP contribution in [0, 0.1) is 0 Å². The Hall–Kier alpha value is -2.22. The van der Waals surface area contributed by atoms with Gasteiger partial charge in [-0.3, -0.25) is 9.69 Å². The Kier molecular flexibility index (Phi) is 7.64. The topological polar surface area (TPSA) is 69.7 Å². The zero-order valence-electron chi connectivity index (χ0n) is 17.8. The van der Waals surface area contributed by atoms with Crippen LogP contribution in [0.3, 0.4) is 0 Å². The van der Waals surface area contributed by atoms with Crippen LogP contribution in [-0.2, 0) is 10.0 Å². The second-order valence-corrected chi connectivity index (χ2v) is 9.43. The Bertz CT molecular complexity index is 937. The Balaban J connectivity index is 1.75. The lowest BCUT2D eigenvalue weighted by Gasteiger charge is -2.28. The standard InChI is InChI=1S/C23H31N3O3S/c1-3-26(4-2)30(28,29)21-14-10-13-20(17-21)23(27)24-18-22(25-15-8-9-16-25)19-11-6-5-7-12-19/h5-7,10-14,17,22H,3-4,8-9,15-16,18H2,1-2H3,(H,24,27). The van der Waals surface area contributed by atoms with Gasteiger partial charge in [-0.2, -0.15) is 4.31 Å². The molecule has 1 aliphatic heterocycles. The lowest BCUT2D eigenvalue weighted by molar-refractivity contribution is 0.0937. The Morgan fingerprint density at radius 2 is 1.70 bits per heavy atom. The van der Waals surface area contributed by atoms with Gasteiger partial charge >= 0.3 is 0 Å². The summed E-state index contributed by atoms with van der Waals surface area (Å²) in [7, 11) is -3.60. The van der Waals surface area contributed by atoms with Crippen molar-refractivity contribution >= 4 is 15.9 Å². The molecule has 1 unspecified atom stereocenters. The van der Waals surface area contributed by atoms with Gasteiger partial charge < -0.3 is 5.32 Å². The first-order chi connectivity index (χ1) is 14.5. The average Bonchev–Trinajstić information content (AvgIpc) is 3.30. The normalized spacial score (nSPS) is 16.0. The molecule has 1 heterocycles. The van der Waals surface area contributed by atoms with Crippen LogP contribution < -0.4 is 5.32 Å². The molecular weight excluding hydrogens is 398 g/mol. The molecule has 1 aliphatic rings. The van der Waals surface area contributed by atoms with Gasteiger partial charge in [-0.15, -0.1) is 0 Å². The van der Waals surface area contributed by atoms with Crippen LogP contribution in [0.1, 0.15) is 48.7 Å². The molecule has 6 nitrogen and oxygen atoms in total. The van der Waals surface area contributed by atoms with E-state index in [1.165, 1.54) is 28.8 Å². The van der Waals surface area contributed by atoms with Crippen LogP contribution in [-0.4, -0.2) is 56.3 Å². The maximum absolute atomic E-state index is 12.8. The molecule has 2 aromatic carbocycles. The summed E-state index contributed by atoms with van der Waals surface area (Å²) in [6, 6.07) is 16.6. The quantitative estimate of drug-likeness (QED) is 0.664. The molecule has 0 bridgehead atoms. The second-order valence-electron chi connectivity index (χ2n) is 7.50. The number of rotatable bonds is 9. The van der Waals surface area contributed by atoms with E-state index in [1.54, 1.807) is 32.0 Å². The fraction of sp³-hybridized carbons (Fsp3) is 0.435. The zero-order chi connectivity index (χ0) is 21.6. The SMILES string of the molecule is CCN(CC)S(=O)(=O)c1cccc(C(=O)NCC(c2ccccc2)N2CCCC2)c1. The van der Waals surface area contributed by atoms with Crippen LogP contribution in [0.25, 0.3) is 0 Å². The summed E-state index contributed by atoms with van der Waals surface area (Å²) in [5.74, 6) is -0.258. The van der Waals surface area contributed by atoms with Crippen molar-refractivity contribution in [2.75, 3.05) is 32.7 Å². The molecule has 1 atom stereocenters. The van der Waals surface area contributed by atoms with Gasteiger partial charge in [-0.05, 0) is 49.7 Å². The maximum atomic E-state index is 12.8. The number of amides is 1. The number of carbonyl (C=O) groups excluding carboxylic acids is 1. The lowest BCUT2D eigenvalue weighted by Crippen LogP contribution is -2.37. The number of nitrogens with one attached hydrogen (secondary N) is 1. The highest BCUT2D eigenvalue weighted by atomic mass is 32.2. The molecule has 1 fully saturated rings. The largest absolute Gasteiger partial charge is 0.350 e. The maximum Gasteiger partial charge on any atom is 0.251 e. The van der Waals surface area contributed by atoms with Crippen LogP contribution >= 0.6 is 0 Å². The van der Waals surface area contributed by atoms with E-state index in [4.69, 9.17) is 0 Å². The van der Waals surface area contributed by atoms with Gasteiger partial charge in [-0.25, -0.2) is 8.42 Å². The predicted molar refractivity (Wildman–Crippen MR) is 119 cm³/mol. The lowest BCUT2D eigenvalue weighted by atomic mass is 10.1. The Morgan fingerprint density at radius 3 is 2.33 bits per heavy atom. The first kappa shape index (κ1) is 22.5. The molecule has 3 rings (SSSR count). The van der Waals surface area contributed by atoms with Crippen molar-refractivity contribution < 1.29 is 13.2 Å². The highest BCUT2D eigenvalue weighted by Crippen LogP contribution is 2.24. The van der Waals surface area contributed by atoms with Crippen molar-refractivity contribution in [3.05, 3.63) is 65.7 Å². The summed E-state index contributed by atoms with van der Waals surface area (Å²) in [4.78, 5) is 15.4. The first-order valence-electron chi connectivity index (χ1n) is 10.6. The predicted octanol–water partition coefficient (Wildman–Crippen LogP) is 3.28. The van der Waals surface area contributed by atoms with Crippen molar-refractivity contribution in [3.63, 3.8) is 0 Å². The number of likely N-dealkylation sites (tertiary alicyclic amines) is 1. The van der Waals surface area contributed by atoms with E-state index < -0.39 is 10.0 Å². The van der Waals surface area contributed by atoms with Crippen LogP contribution in [0.15, 0.2) is 59.5 Å². The molecule has 30 heavy (non-hydrogen) atoms. The van der Waals surface area contributed by atoms with Gasteiger partial charge in [0.2, 0.25) is 10.0 Å². The minimum atomic E-state index is -3.60. The van der Waals surface area contributed by atoms with Crippen molar-refractivity contribution in [1.82, 2.24) is 14.5 Å². The fourth-order valence-corrected chi connectivity index (χ4v) is 5.49. The third kappa shape index (κ3) is 5.09. The summed E-state index contributed by atoms with van der Waals surface area (Å²) in [6.07, 6.45) is 2.34. The van der Waals surface area contributed by atoms with Gasteiger partial charge in [0.15, 0.2) is 0 Å². The van der Waals surface area contributed by atoms with Crippen molar-refractivity contribution in [2.45, 2.75) is 37.6 Å². The molecule has 0 aromatic heterocycles. The molecule has 1 N–H and O–H groups in total. The van der Waals surface area contributed by atoms with E-state index in [1.807, 2.05) is 18.2 Å². The minimum absolute atomic E-state index is 0.111. The van der Waals surface area contributed by atoms with Gasteiger partial charge in [0.05, 0.1) is 10.9 Å². The molecule has 1 saturated heterocycles. The van der Waals surface area contributed by atoms with Gasteiger partial charge in [-0.1, -0.05) is 50.2 Å². The van der Waals surface area contributed by atoms with Crippen molar-refractivity contribution in [2.24, 2.45) is 0 Å². The molecule has 2 aromatic rings. The van der Waals surface area contributed by atoms with E-state index in [0.29, 0.717) is 25.2 Å². The van der Waals surface area contributed by atoms with E-state index in [2.05, 4.69) is 22.3 Å². The molecule has 7 heteroatoms. The number of nitrogens with zero attached hydrogens (tertiary/aromatic N) is 2. The highest BCUT2D eigenvalue weighted by Gasteiger charge is 2.25. The summed E-state index contributed by atoms with van der Waals surface area (Å²) >= 11 is 0. The molecular formula is C23H31N3O3S. The van der Waals surface area contributed by atoms with Crippen molar-refractivity contribution in [1.29, 1.82) is 0 Å². The number of carbonyl (C=O) groups is 1. The van der Waals surface area contributed by atoms with Crippen LogP contribution in [0.5, 0.6) is 0 Å². The van der Waals surface area contributed by atoms with Gasteiger partial charge in [0.1, 0.15) is 0 Å². The molecule has 0 spiro atoms. The monoisotopic (exact) mass is 429 g/mol. The van der Waals surface area contributed by atoms with E-state index in [9.17, 15) is 13.2 Å². The summed E-state index contributed by atoms with van der Waals surface area (Å²) in [6.45, 7) is 6.92. The fourth-order valence-electron chi connectivity index (χ4n) is 3.99. The highest BCUT2D eigenvalue weighted by molar-refractivity contribution is 7.89. The number of sulfonamides is 1. The summed E-state index contributed by atoms with van der Waals surface area (Å²) < 4.78 is 27.0. The van der Waals surface area contributed by atoms with E-state index in [0.717, 1.165) is 13.1 Å². The second kappa shape index (κ2) is 10.2. The van der Waals surface area contributed by atoms with Crippen LogP contribution in [0.4, 0.5) is 0 Å². The number of hydrogen-bond acceptors (Lipinski definition) is 4. The smallest absolute Gasteiger partial charge is 0.251 e. The molecule has 0 radical (unpaired) electrons. The Labute approximate surface area is 179 Å². The third-order valence-electron chi connectivity index (χ3n) is 5.66. The molecule has 1 amide bonds. The molecule has 0 saturated carbocycles. The molecule has 0 aliphatic carbocycles. The third-order valence-corrected chi connectivity index (χ3v) is 7.71. The molecule has 162 valence electrons. The number of benzene rings is 2. The van der Waals surface area contributed by atoms with Crippen molar-refractivity contribution in [3.8, 4) is 0 Å². The minimum Gasteiger partial charge on any atom is -0.350 e. The van der Waals surface area contributed by atoms with E-state index >= 15 is 0 Å².